The number of fused-ring (bicyclic) bond motifs is 1. The number of hydrogen-bond acceptors (Lipinski definition) is 4. The number of nitrogens with zero attached hydrogens (tertiary/aromatic N) is 1. The second-order valence-electron chi connectivity index (χ2n) is 4.71. The Kier molecular flexibility index (Phi) is 4.32. The summed E-state index contributed by atoms with van der Waals surface area (Å²) >= 11 is 7.34. The molecule has 0 fully saturated rings. The molecule has 0 unspecified atom stereocenters. The van der Waals surface area contributed by atoms with Crippen LogP contribution in [-0.2, 0) is 9.53 Å². The summed E-state index contributed by atoms with van der Waals surface area (Å²) in [4.78, 5) is 16.2. The van der Waals surface area contributed by atoms with Crippen LogP contribution in [0.4, 0.5) is 0 Å². The second-order valence-corrected chi connectivity index (χ2v) is 6.18. The van der Waals surface area contributed by atoms with Gasteiger partial charge >= 0.3 is 5.97 Å². The zero-order valence-corrected chi connectivity index (χ0v) is 13.7. The predicted molar refractivity (Wildman–Crippen MR) is 92.5 cm³/mol. The number of benzene rings is 2. The number of thiazole rings is 1. The molecular weight excluding hydrogens is 334 g/mol. The highest BCUT2D eigenvalue weighted by molar-refractivity contribution is 7.19. The number of carboxylic acids is 1. The Bertz CT molecular complexity index is 903. The molecule has 1 aromatic heterocycles. The molecule has 4 nitrogen and oxygen atoms in total. The van der Waals surface area contributed by atoms with E-state index >= 15 is 0 Å². The molecule has 0 saturated heterocycles. The SMILES string of the molecule is CO/C(=C(/C(=O)O)c1ccccc1)c1nc2cc(Cl)ccc2s1. The average Bonchev–Trinajstić information content (AvgIpc) is 2.95. The normalized spacial score (nSPS) is 12.1. The standard InChI is InChI=1S/C17H12ClNO3S/c1-22-15(14(17(20)21)10-5-3-2-4-6-10)16-19-12-9-11(18)7-8-13(12)23-16/h2-9H,1H3,(H,20,21)/b15-14+. The first-order valence-corrected chi connectivity index (χ1v) is 7.93. The molecule has 0 amide bonds. The summed E-state index contributed by atoms with van der Waals surface area (Å²) in [5.41, 5.74) is 1.36. The summed E-state index contributed by atoms with van der Waals surface area (Å²) in [6, 6.07) is 14.2. The lowest BCUT2D eigenvalue weighted by molar-refractivity contribution is -0.130. The number of aromatic nitrogens is 1. The van der Waals surface area contributed by atoms with Crippen LogP contribution >= 0.6 is 22.9 Å². The van der Waals surface area contributed by atoms with E-state index in [4.69, 9.17) is 16.3 Å². The monoisotopic (exact) mass is 345 g/mol. The molecule has 1 N–H and O–H groups in total. The third-order valence-corrected chi connectivity index (χ3v) is 4.52. The molecule has 116 valence electrons. The number of carboxylic acid groups (broad SMARTS) is 1. The number of ether oxygens (including phenoxy) is 1. The van der Waals surface area contributed by atoms with Gasteiger partial charge in [0, 0.05) is 5.02 Å². The van der Waals surface area contributed by atoms with Crippen molar-refractivity contribution in [2.24, 2.45) is 0 Å². The summed E-state index contributed by atoms with van der Waals surface area (Å²) in [5.74, 6) is -0.827. The molecule has 0 spiro atoms. The molecule has 0 radical (unpaired) electrons. The van der Waals surface area contributed by atoms with E-state index in [0.717, 1.165) is 4.70 Å². The average molecular weight is 346 g/mol. The van der Waals surface area contributed by atoms with E-state index in [1.54, 1.807) is 36.4 Å². The number of hydrogen-bond donors (Lipinski definition) is 1. The number of aliphatic carboxylic acids is 1. The van der Waals surface area contributed by atoms with Gasteiger partial charge in [-0.25, -0.2) is 9.78 Å². The number of rotatable bonds is 4. The third-order valence-electron chi connectivity index (χ3n) is 3.25. The highest BCUT2D eigenvalue weighted by Crippen LogP contribution is 2.33. The van der Waals surface area contributed by atoms with Crippen LogP contribution < -0.4 is 0 Å². The van der Waals surface area contributed by atoms with Crippen LogP contribution in [0.15, 0.2) is 48.5 Å². The molecule has 0 aliphatic rings. The van der Waals surface area contributed by atoms with Crippen molar-refractivity contribution in [1.29, 1.82) is 0 Å². The van der Waals surface area contributed by atoms with E-state index in [9.17, 15) is 9.90 Å². The summed E-state index contributed by atoms with van der Waals surface area (Å²) in [7, 11) is 1.44. The fraction of sp³-hybridized carbons (Fsp3) is 0.0588. The largest absolute Gasteiger partial charge is 0.493 e. The molecule has 1 heterocycles. The topological polar surface area (TPSA) is 59.4 Å². The summed E-state index contributed by atoms with van der Waals surface area (Å²) in [6.45, 7) is 0. The minimum atomic E-state index is -1.06. The first-order valence-electron chi connectivity index (χ1n) is 6.73. The van der Waals surface area contributed by atoms with Gasteiger partial charge in [-0.1, -0.05) is 41.9 Å². The molecule has 2 aromatic carbocycles. The molecule has 23 heavy (non-hydrogen) atoms. The van der Waals surface area contributed by atoms with Crippen molar-refractivity contribution in [3.05, 3.63) is 64.1 Å². The summed E-state index contributed by atoms with van der Waals surface area (Å²) in [5, 5.41) is 10.7. The van der Waals surface area contributed by atoms with Gasteiger partial charge in [-0.05, 0) is 23.8 Å². The maximum absolute atomic E-state index is 11.8. The maximum atomic E-state index is 11.8. The van der Waals surface area contributed by atoms with Gasteiger partial charge in [0.15, 0.2) is 10.8 Å². The van der Waals surface area contributed by atoms with E-state index in [2.05, 4.69) is 4.98 Å². The molecule has 0 aliphatic carbocycles. The fourth-order valence-electron chi connectivity index (χ4n) is 2.25. The Morgan fingerprint density at radius 3 is 2.61 bits per heavy atom. The number of methoxy groups -OCH3 is 1. The summed E-state index contributed by atoms with van der Waals surface area (Å²) < 4.78 is 6.30. The Hall–Kier alpha value is -2.37. The Morgan fingerprint density at radius 2 is 1.96 bits per heavy atom. The smallest absolute Gasteiger partial charge is 0.340 e. The lowest BCUT2D eigenvalue weighted by Crippen LogP contribution is -2.04. The zero-order chi connectivity index (χ0) is 16.4. The summed E-state index contributed by atoms with van der Waals surface area (Å²) in [6.07, 6.45) is 0. The van der Waals surface area contributed by atoms with Crippen molar-refractivity contribution < 1.29 is 14.6 Å². The van der Waals surface area contributed by atoms with Gasteiger partial charge in [0.05, 0.1) is 17.3 Å². The van der Waals surface area contributed by atoms with E-state index in [-0.39, 0.29) is 11.3 Å². The molecule has 6 heteroatoms. The van der Waals surface area contributed by atoms with E-state index < -0.39 is 5.97 Å². The molecule has 3 rings (SSSR count). The minimum absolute atomic E-state index is 0.0817. The molecule has 3 aromatic rings. The van der Waals surface area contributed by atoms with Crippen LogP contribution in [0.1, 0.15) is 10.6 Å². The highest BCUT2D eigenvalue weighted by Gasteiger charge is 2.22. The van der Waals surface area contributed by atoms with Gasteiger partial charge in [-0.15, -0.1) is 11.3 Å². The van der Waals surface area contributed by atoms with Gasteiger partial charge in [-0.3, -0.25) is 0 Å². The number of halogens is 1. The van der Waals surface area contributed by atoms with Crippen molar-refractivity contribution in [2.75, 3.05) is 7.11 Å². The zero-order valence-electron chi connectivity index (χ0n) is 12.1. The maximum Gasteiger partial charge on any atom is 0.340 e. The predicted octanol–water partition coefficient (Wildman–Crippen LogP) is 4.55. The number of carbonyl (C=O) groups is 1. The molecular formula is C17H12ClNO3S. The van der Waals surface area contributed by atoms with E-state index in [1.807, 2.05) is 12.1 Å². The van der Waals surface area contributed by atoms with Crippen molar-refractivity contribution in [2.45, 2.75) is 0 Å². The highest BCUT2D eigenvalue weighted by atomic mass is 35.5. The van der Waals surface area contributed by atoms with E-state index in [0.29, 0.717) is 21.1 Å². The third kappa shape index (κ3) is 3.06. The molecule has 0 aliphatic heterocycles. The Morgan fingerprint density at radius 1 is 1.22 bits per heavy atom. The second kappa shape index (κ2) is 6.40. The van der Waals surface area contributed by atoms with Gasteiger partial charge in [0.2, 0.25) is 0 Å². The Labute approximate surface area is 141 Å². The molecule has 0 bridgehead atoms. The lowest BCUT2D eigenvalue weighted by atomic mass is 10.0. The van der Waals surface area contributed by atoms with Crippen LogP contribution in [0.25, 0.3) is 21.5 Å². The molecule has 0 saturated carbocycles. The van der Waals surface area contributed by atoms with Crippen LogP contribution in [0.5, 0.6) is 0 Å². The Balaban J connectivity index is 2.23. The molecule has 0 atom stereocenters. The van der Waals surface area contributed by atoms with Crippen molar-refractivity contribution in [3.8, 4) is 0 Å². The van der Waals surface area contributed by atoms with Crippen molar-refractivity contribution in [3.63, 3.8) is 0 Å². The van der Waals surface area contributed by atoms with Crippen molar-refractivity contribution >= 4 is 50.5 Å². The lowest BCUT2D eigenvalue weighted by Gasteiger charge is -2.09. The van der Waals surface area contributed by atoms with Gasteiger partial charge in [0.25, 0.3) is 0 Å². The van der Waals surface area contributed by atoms with Crippen LogP contribution in [0.2, 0.25) is 5.02 Å². The quantitative estimate of drug-likeness (QED) is 0.556. The first-order chi connectivity index (χ1) is 11.1. The fourth-order valence-corrected chi connectivity index (χ4v) is 3.39. The van der Waals surface area contributed by atoms with Crippen LogP contribution in [0.3, 0.4) is 0 Å². The van der Waals surface area contributed by atoms with Crippen LogP contribution in [-0.4, -0.2) is 23.2 Å². The van der Waals surface area contributed by atoms with Crippen molar-refractivity contribution in [1.82, 2.24) is 4.98 Å². The van der Waals surface area contributed by atoms with Gasteiger partial charge in [0.1, 0.15) is 5.57 Å². The van der Waals surface area contributed by atoms with Crippen LogP contribution in [0, 0.1) is 0 Å². The van der Waals surface area contributed by atoms with E-state index in [1.165, 1.54) is 18.4 Å². The minimum Gasteiger partial charge on any atom is -0.493 e. The van der Waals surface area contributed by atoms with Gasteiger partial charge < -0.3 is 9.84 Å². The van der Waals surface area contributed by atoms with Gasteiger partial charge in [-0.2, -0.15) is 0 Å². The first kappa shape index (κ1) is 15.5.